The number of hydrogen-bond donors (Lipinski definition) is 1. The second-order valence-electron chi connectivity index (χ2n) is 9.03. The van der Waals surface area contributed by atoms with Crippen molar-refractivity contribution < 1.29 is 4.79 Å². The molecule has 2 fully saturated rings. The minimum Gasteiger partial charge on any atom is -0.355 e. The number of rotatable bonds is 4. The molecule has 2 atom stereocenters. The largest absolute Gasteiger partial charge is 0.355 e. The summed E-state index contributed by atoms with van der Waals surface area (Å²) in [5, 5.41) is 4.83. The summed E-state index contributed by atoms with van der Waals surface area (Å²) in [4.78, 5) is 26.8. The monoisotopic (exact) mass is 433 g/mol. The molecule has 8 heteroatoms. The molecule has 5 heterocycles. The number of carbonyl (C=O) groups excluding carboxylic acids is 1. The van der Waals surface area contributed by atoms with Gasteiger partial charge in [0.25, 0.3) is 5.91 Å². The molecule has 0 unspecified atom stereocenters. The van der Waals surface area contributed by atoms with Gasteiger partial charge in [-0.3, -0.25) is 9.78 Å². The standard InChI is InChI=1S/C24H31N7O/c1-3-17-7-8-19(26-13-17)24(32)30-10-5-4-6-21(30)20-12-22-27-23(16(2)14-31(22)28-20)29-11-9-18(25)15-29/h7-8,12-14,18,21H,3-6,9-11,15,25H2,1-2H3/t18-,21-/m0/s1. The van der Waals surface area contributed by atoms with Crippen LogP contribution in [0.25, 0.3) is 5.65 Å². The highest BCUT2D eigenvalue weighted by atomic mass is 16.2. The Bertz CT molecular complexity index is 1120. The van der Waals surface area contributed by atoms with Gasteiger partial charge in [0, 0.05) is 49.7 Å². The number of fused-ring (bicyclic) bond motifs is 1. The first-order valence-electron chi connectivity index (χ1n) is 11.7. The van der Waals surface area contributed by atoms with E-state index in [1.807, 2.05) is 33.8 Å². The number of aromatic nitrogens is 4. The molecule has 0 bridgehead atoms. The SMILES string of the molecule is CCc1ccc(C(=O)N2CCCC[C@H]2c2cc3nc(N4CC[C@H](N)C4)c(C)cn3n2)nc1. The smallest absolute Gasteiger partial charge is 0.273 e. The van der Waals surface area contributed by atoms with Crippen molar-refractivity contribution in [2.45, 2.75) is 58.0 Å². The van der Waals surface area contributed by atoms with E-state index < -0.39 is 0 Å². The van der Waals surface area contributed by atoms with Crippen LogP contribution in [0.5, 0.6) is 0 Å². The molecule has 0 saturated carbocycles. The maximum absolute atomic E-state index is 13.3. The lowest BCUT2D eigenvalue weighted by Crippen LogP contribution is -2.39. The first-order chi connectivity index (χ1) is 15.5. The van der Waals surface area contributed by atoms with Gasteiger partial charge in [-0.1, -0.05) is 13.0 Å². The van der Waals surface area contributed by atoms with E-state index in [-0.39, 0.29) is 18.0 Å². The molecule has 32 heavy (non-hydrogen) atoms. The third-order valence-electron chi connectivity index (χ3n) is 6.71. The van der Waals surface area contributed by atoms with E-state index in [1.165, 1.54) is 0 Å². The van der Waals surface area contributed by atoms with Gasteiger partial charge in [0.2, 0.25) is 0 Å². The molecule has 3 aromatic heterocycles. The number of amides is 1. The van der Waals surface area contributed by atoms with E-state index in [1.54, 1.807) is 6.20 Å². The van der Waals surface area contributed by atoms with E-state index >= 15 is 0 Å². The summed E-state index contributed by atoms with van der Waals surface area (Å²) in [5.74, 6) is 0.957. The van der Waals surface area contributed by atoms with Crippen LogP contribution in [0.4, 0.5) is 5.82 Å². The minimum absolute atomic E-state index is 0.0229. The number of piperidine rings is 1. The first-order valence-corrected chi connectivity index (χ1v) is 11.7. The lowest BCUT2D eigenvalue weighted by atomic mass is 9.99. The quantitative estimate of drug-likeness (QED) is 0.680. The second kappa shape index (κ2) is 8.50. The van der Waals surface area contributed by atoms with Gasteiger partial charge < -0.3 is 15.5 Å². The average molecular weight is 434 g/mol. The van der Waals surface area contributed by atoms with Gasteiger partial charge in [0.15, 0.2) is 5.65 Å². The fourth-order valence-corrected chi connectivity index (χ4v) is 4.87. The number of likely N-dealkylation sites (tertiary alicyclic amines) is 1. The van der Waals surface area contributed by atoms with E-state index in [9.17, 15) is 4.79 Å². The second-order valence-corrected chi connectivity index (χ2v) is 9.03. The molecular weight excluding hydrogens is 402 g/mol. The lowest BCUT2D eigenvalue weighted by molar-refractivity contribution is 0.0599. The zero-order chi connectivity index (χ0) is 22.2. The van der Waals surface area contributed by atoms with Crippen LogP contribution in [0, 0.1) is 6.92 Å². The normalized spacial score (nSPS) is 21.5. The van der Waals surface area contributed by atoms with Crippen molar-refractivity contribution in [3.63, 3.8) is 0 Å². The summed E-state index contributed by atoms with van der Waals surface area (Å²) in [6, 6.07) is 6.00. The highest BCUT2D eigenvalue weighted by molar-refractivity contribution is 5.92. The number of pyridine rings is 1. The predicted octanol–water partition coefficient (Wildman–Crippen LogP) is 2.90. The maximum atomic E-state index is 13.3. The Balaban J connectivity index is 1.44. The number of nitrogens with two attached hydrogens (primary N) is 1. The van der Waals surface area contributed by atoms with Gasteiger partial charge in [-0.05, 0) is 50.7 Å². The summed E-state index contributed by atoms with van der Waals surface area (Å²) >= 11 is 0. The molecule has 0 spiro atoms. The lowest BCUT2D eigenvalue weighted by Gasteiger charge is -2.34. The minimum atomic E-state index is -0.0606. The van der Waals surface area contributed by atoms with Gasteiger partial charge in [-0.15, -0.1) is 0 Å². The zero-order valence-electron chi connectivity index (χ0n) is 18.9. The number of anilines is 1. The molecule has 1 amide bonds. The average Bonchev–Trinajstić information content (AvgIpc) is 3.43. The van der Waals surface area contributed by atoms with E-state index in [0.717, 1.165) is 80.0 Å². The van der Waals surface area contributed by atoms with Crippen LogP contribution in [0.1, 0.15) is 66.0 Å². The Labute approximate surface area is 188 Å². The molecular formula is C24H31N7O. The molecule has 168 valence electrons. The summed E-state index contributed by atoms with van der Waals surface area (Å²) in [6.07, 6.45) is 8.71. The Hall–Kier alpha value is -3.00. The Morgan fingerprint density at radius 3 is 2.81 bits per heavy atom. The highest BCUT2D eigenvalue weighted by Crippen LogP contribution is 2.32. The highest BCUT2D eigenvalue weighted by Gasteiger charge is 2.31. The molecule has 3 aromatic rings. The van der Waals surface area contributed by atoms with Crippen LogP contribution in [-0.4, -0.2) is 56.1 Å². The fourth-order valence-electron chi connectivity index (χ4n) is 4.87. The number of aryl methyl sites for hydroxylation is 2. The van der Waals surface area contributed by atoms with Crippen molar-refractivity contribution in [1.29, 1.82) is 0 Å². The van der Waals surface area contributed by atoms with Gasteiger partial charge in [0.05, 0.1) is 11.7 Å². The van der Waals surface area contributed by atoms with Crippen molar-refractivity contribution in [3.8, 4) is 0 Å². The molecule has 0 aliphatic carbocycles. The van der Waals surface area contributed by atoms with Crippen molar-refractivity contribution in [2.75, 3.05) is 24.5 Å². The topological polar surface area (TPSA) is 92.7 Å². The van der Waals surface area contributed by atoms with Crippen LogP contribution in [0.15, 0.2) is 30.6 Å². The van der Waals surface area contributed by atoms with Crippen molar-refractivity contribution >= 4 is 17.4 Å². The Morgan fingerprint density at radius 2 is 2.09 bits per heavy atom. The Morgan fingerprint density at radius 1 is 1.22 bits per heavy atom. The summed E-state index contributed by atoms with van der Waals surface area (Å²) < 4.78 is 1.84. The van der Waals surface area contributed by atoms with Crippen LogP contribution < -0.4 is 10.6 Å². The van der Waals surface area contributed by atoms with Crippen LogP contribution in [-0.2, 0) is 6.42 Å². The van der Waals surface area contributed by atoms with Crippen molar-refractivity contribution in [2.24, 2.45) is 5.73 Å². The zero-order valence-corrected chi connectivity index (χ0v) is 18.9. The van der Waals surface area contributed by atoms with E-state index in [2.05, 4.69) is 23.7 Å². The van der Waals surface area contributed by atoms with Crippen LogP contribution in [0.2, 0.25) is 0 Å². The van der Waals surface area contributed by atoms with Gasteiger partial charge in [-0.2, -0.15) is 5.10 Å². The van der Waals surface area contributed by atoms with Crippen LogP contribution in [0.3, 0.4) is 0 Å². The fraction of sp³-hybridized carbons (Fsp3) is 0.500. The maximum Gasteiger partial charge on any atom is 0.273 e. The molecule has 2 saturated heterocycles. The van der Waals surface area contributed by atoms with E-state index in [4.69, 9.17) is 15.8 Å². The predicted molar refractivity (Wildman–Crippen MR) is 124 cm³/mol. The van der Waals surface area contributed by atoms with Crippen molar-refractivity contribution in [3.05, 3.63) is 53.1 Å². The summed E-state index contributed by atoms with van der Waals surface area (Å²) in [5.41, 5.74) is 10.5. The van der Waals surface area contributed by atoms with Crippen LogP contribution >= 0.6 is 0 Å². The first kappa shape index (κ1) is 20.9. The third-order valence-corrected chi connectivity index (χ3v) is 6.71. The molecule has 8 nitrogen and oxygen atoms in total. The van der Waals surface area contributed by atoms with Gasteiger partial charge >= 0.3 is 0 Å². The molecule has 0 aromatic carbocycles. The molecule has 5 rings (SSSR count). The third kappa shape index (κ3) is 3.83. The molecule has 0 radical (unpaired) electrons. The van der Waals surface area contributed by atoms with Gasteiger partial charge in [0.1, 0.15) is 11.5 Å². The number of carbonyl (C=O) groups is 1. The molecule has 2 aliphatic rings. The number of nitrogens with zero attached hydrogens (tertiary/aromatic N) is 6. The van der Waals surface area contributed by atoms with Crippen molar-refractivity contribution in [1.82, 2.24) is 24.5 Å². The summed E-state index contributed by atoms with van der Waals surface area (Å²) in [6.45, 7) is 6.63. The molecule has 2 N–H and O–H groups in total. The number of hydrogen-bond acceptors (Lipinski definition) is 6. The summed E-state index contributed by atoms with van der Waals surface area (Å²) in [7, 11) is 0. The van der Waals surface area contributed by atoms with Gasteiger partial charge in [-0.25, -0.2) is 9.50 Å². The Kier molecular flexibility index (Phi) is 5.55. The molecule has 2 aliphatic heterocycles. The van der Waals surface area contributed by atoms with E-state index in [0.29, 0.717) is 5.69 Å².